The number of ether oxygens (including phenoxy) is 1. The van der Waals surface area contributed by atoms with Crippen molar-refractivity contribution in [2.45, 2.75) is 44.9 Å². The number of carbonyl (C=O) groups excluding carboxylic acids is 1. The lowest BCUT2D eigenvalue weighted by atomic mass is 9.97. The van der Waals surface area contributed by atoms with E-state index in [1.807, 2.05) is 18.2 Å². The Morgan fingerprint density at radius 3 is 2.82 bits per heavy atom. The van der Waals surface area contributed by atoms with Gasteiger partial charge in [0.25, 0.3) is 0 Å². The Kier molecular flexibility index (Phi) is 9.60. The number of benzene rings is 1. The molecular weight excluding hydrogens is 467 g/mol. The lowest BCUT2D eigenvalue weighted by Gasteiger charge is -2.18. The van der Waals surface area contributed by atoms with Gasteiger partial charge in [0.15, 0.2) is 5.96 Å². The summed E-state index contributed by atoms with van der Waals surface area (Å²) < 4.78 is 5.83. The highest BCUT2D eigenvalue weighted by Gasteiger charge is 2.14. The fourth-order valence-electron chi connectivity index (χ4n) is 3.48. The van der Waals surface area contributed by atoms with Crippen molar-refractivity contribution >= 4 is 41.5 Å². The molecule has 1 aliphatic carbocycles. The number of nitrogens with zero attached hydrogens (tertiary/aromatic N) is 1. The summed E-state index contributed by atoms with van der Waals surface area (Å²) in [6.45, 7) is 2.14. The smallest absolute Gasteiger partial charge is 0.224 e. The summed E-state index contributed by atoms with van der Waals surface area (Å²) >= 11 is 0. The Morgan fingerprint density at radius 1 is 1.18 bits per heavy atom. The number of halogens is 1. The van der Waals surface area contributed by atoms with Gasteiger partial charge in [0.2, 0.25) is 5.91 Å². The molecule has 1 heterocycles. The highest BCUT2D eigenvalue weighted by molar-refractivity contribution is 14.0. The first kappa shape index (κ1) is 22.5. The molecule has 3 rings (SSSR count). The van der Waals surface area contributed by atoms with Crippen molar-refractivity contribution in [2.24, 2.45) is 4.99 Å². The number of anilines is 1. The van der Waals surface area contributed by atoms with Crippen molar-refractivity contribution in [3.63, 3.8) is 0 Å². The molecule has 154 valence electrons. The zero-order valence-electron chi connectivity index (χ0n) is 16.6. The quantitative estimate of drug-likeness (QED) is 0.177. The normalized spacial score (nSPS) is 16.2. The molecule has 0 radical (unpaired) electrons. The Balaban J connectivity index is 0.00000280. The summed E-state index contributed by atoms with van der Waals surface area (Å²) in [5.41, 5.74) is 3.60. The number of fused-ring (bicyclic) bond motifs is 1. The van der Waals surface area contributed by atoms with Crippen LogP contribution >= 0.6 is 24.0 Å². The first-order valence-corrected chi connectivity index (χ1v) is 9.92. The summed E-state index contributed by atoms with van der Waals surface area (Å²) in [7, 11) is 1.79. The van der Waals surface area contributed by atoms with Crippen LogP contribution in [0.1, 0.15) is 44.1 Å². The van der Waals surface area contributed by atoms with Gasteiger partial charge in [0.05, 0.1) is 6.54 Å². The minimum absolute atomic E-state index is 0. The number of aliphatic imine (C=N–C) groups is 1. The van der Waals surface area contributed by atoms with Crippen LogP contribution < -0.4 is 20.7 Å². The second-order valence-electron chi connectivity index (χ2n) is 7.00. The van der Waals surface area contributed by atoms with Crippen molar-refractivity contribution in [3.8, 4) is 5.75 Å². The van der Waals surface area contributed by atoms with Gasteiger partial charge in [-0.2, -0.15) is 0 Å². The van der Waals surface area contributed by atoms with Gasteiger partial charge in [-0.25, -0.2) is 0 Å². The summed E-state index contributed by atoms with van der Waals surface area (Å²) in [6.07, 6.45) is 9.91. The molecule has 28 heavy (non-hydrogen) atoms. The molecule has 3 N–H and O–H groups in total. The first-order chi connectivity index (χ1) is 13.2. The van der Waals surface area contributed by atoms with E-state index in [0.29, 0.717) is 19.6 Å². The molecule has 1 aromatic rings. The average molecular weight is 498 g/mol. The molecule has 0 saturated heterocycles. The van der Waals surface area contributed by atoms with Gasteiger partial charge in [-0.15, -0.1) is 24.0 Å². The third-order valence-electron chi connectivity index (χ3n) is 4.98. The Hall–Kier alpha value is -1.77. The van der Waals surface area contributed by atoms with E-state index in [2.05, 4.69) is 27.0 Å². The van der Waals surface area contributed by atoms with E-state index in [9.17, 15) is 4.79 Å². The molecule has 0 aromatic heterocycles. The average Bonchev–Trinajstić information content (AvgIpc) is 2.70. The second kappa shape index (κ2) is 11.9. The molecule has 1 amide bonds. The zero-order valence-corrected chi connectivity index (χ0v) is 18.9. The van der Waals surface area contributed by atoms with Crippen molar-refractivity contribution in [1.29, 1.82) is 0 Å². The predicted molar refractivity (Wildman–Crippen MR) is 125 cm³/mol. The lowest BCUT2D eigenvalue weighted by molar-refractivity contribution is -0.116. The van der Waals surface area contributed by atoms with Crippen LogP contribution in [0.25, 0.3) is 0 Å². The molecule has 6 nitrogen and oxygen atoms in total. The van der Waals surface area contributed by atoms with E-state index < -0.39 is 0 Å². The van der Waals surface area contributed by atoms with E-state index in [0.717, 1.165) is 42.3 Å². The maximum Gasteiger partial charge on any atom is 0.224 e. The number of carbonyl (C=O) groups is 1. The minimum Gasteiger partial charge on any atom is -0.492 e. The molecule has 0 unspecified atom stereocenters. The largest absolute Gasteiger partial charge is 0.492 e. The summed E-state index contributed by atoms with van der Waals surface area (Å²) in [5.74, 6) is 1.72. The van der Waals surface area contributed by atoms with Gasteiger partial charge in [0, 0.05) is 25.7 Å². The number of amides is 1. The highest BCUT2D eigenvalue weighted by atomic mass is 127. The lowest BCUT2D eigenvalue weighted by Crippen LogP contribution is -2.39. The van der Waals surface area contributed by atoms with Crippen LogP contribution in [-0.2, 0) is 11.2 Å². The fraction of sp³-hybridized carbons (Fsp3) is 0.524. The van der Waals surface area contributed by atoms with Gasteiger partial charge in [-0.3, -0.25) is 9.79 Å². The molecule has 2 aliphatic rings. The number of guanidine groups is 1. The number of rotatable bonds is 7. The number of hydrogen-bond acceptors (Lipinski definition) is 3. The third kappa shape index (κ3) is 7.00. The number of aryl methyl sites for hydroxylation is 1. The topological polar surface area (TPSA) is 74.8 Å². The molecule has 0 atom stereocenters. The minimum atomic E-state index is 0. The Bertz CT molecular complexity index is 718. The molecule has 1 aliphatic heterocycles. The predicted octanol–water partition coefficient (Wildman–Crippen LogP) is 3.62. The first-order valence-electron chi connectivity index (χ1n) is 9.92. The molecule has 0 spiro atoms. The number of nitrogens with one attached hydrogen (secondary N) is 3. The zero-order chi connectivity index (χ0) is 18.9. The van der Waals surface area contributed by atoms with Crippen LogP contribution in [0.5, 0.6) is 5.75 Å². The highest BCUT2D eigenvalue weighted by Crippen LogP contribution is 2.26. The Labute approximate surface area is 184 Å². The molecule has 1 aromatic carbocycles. The van der Waals surface area contributed by atoms with Crippen molar-refractivity contribution in [2.75, 3.05) is 32.1 Å². The Morgan fingerprint density at radius 2 is 2.04 bits per heavy atom. The van der Waals surface area contributed by atoms with E-state index in [-0.39, 0.29) is 29.9 Å². The fourth-order valence-corrected chi connectivity index (χ4v) is 3.48. The van der Waals surface area contributed by atoms with E-state index in [1.54, 1.807) is 12.6 Å². The third-order valence-corrected chi connectivity index (χ3v) is 4.98. The second-order valence-corrected chi connectivity index (χ2v) is 7.00. The van der Waals surface area contributed by atoms with Crippen molar-refractivity contribution in [3.05, 3.63) is 35.4 Å². The van der Waals surface area contributed by atoms with Gasteiger partial charge >= 0.3 is 0 Å². The van der Waals surface area contributed by atoms with Crippen molar-refractivity contribution < 1.29 is 9.53 Å². The van der Waals surface area contributed by atoms with Crippen LogP contribution in [-0.4, -0.2) is 38.6 Å². The molecule has 0 fully saturated rings. The number of hydrogen-bond donors (Lipinski definition) is 3. The summed E-state index contributed by atoms with van der Waals surface area (Å²) in [5, 5.41) is 9.53. The molecule has 0 bridgehead atoms. The van der Waals surface area contributed by atoms with Crippen LogP contribution in [0, 0.1) is 0 Å². The van der Waals surface area contributed by atoms with Gasteiger partial charge < -0.3 is 20.7 Å². The maximum absolute atomic E-state index is 11.4. The van der Waals surface area contributed by atoms with Gasteiger partial charge in [0.1, 0.15) is 12.4 Å². The monoisotopic (exact) mass is 498 g/mol. The van der Waals surface area contributed by atoms with Crippen LogP contribution in [0.4, 0.5) is 5.69 Å². The molecule has 0 saturated carbocycles. The van der Waals surface area contributed by atoms with Crippen LogP contribution in [0.2, 0.25) is 0 Å². The van der Waals surface area contributed by atoms with E-state index in [1.165, 1.54) is 25.7 Å². The van der Waals surface area contributed by atoms with Crippen LogP contribution in [0.15, 0.2) is 34.8 Å². The van der Waals surface area contributed by atoms with Crippen molar-refractivity contribution in [1.82, 2.24) is 10.6 Å². The standard InChI is InChI=1S/C21H30N4O2.HI/c1-22-21(23-12-11-16-5-3-2-4-6-16)24-13-14-27-18-8-9-19-17(15-18)7-10-20(26)25-19;/h5,8-9,15H,2-4,6-7,10-14H2,1H3,(H,25,26)(H2,22,23,24);1H. The van der Waals surface area contributed by atoms with Crippen LogP contribution in [0.3, 0.4) is 0 Å². The van der Waals surface area contributed by atoms with Gasteiger partial charge in [-0.1, -0.05) is 11.6 Å². The van der Waals surface area contributed by atoms with E-state index >= 15 is 0 Å². The summed E-state index contributed by atoms with van der Waals surface area (Å²) in [4.78, 5) is 15.7. The maximum atomic E-state index is 11.4. The molecule has 7 heteroatoms. The number of allylic oxidation sites excluding steroid dienone is 1. The molecular formula is C21H31IN4O2. The van der Waals surface area contributed by atoms with Gasteiger partial charge in [-0.05, 0) is 62.3 Å². The summed E-state index contributed by atoms with van der Waals surface area (Å²) in [6, 6.07) is 5.82. The SMILES string of the molecule is CN=C(NCCOc1ccc2c(c1)CCC(=O)N2)NCCC1=CCCCC1.I. The van der Waals surface area contributed by atoms with E-state index in [4.69, 9.17) is 4.74 Å².